The molecule has 0 atom stereocenters. The monoisotopic (exact) mass is 300 g/mol. The van der Waals surface area contributed by atoms with Gasteiger partial charge in [-0.3, -0.25) is 0 Å². The summed E-state index contributed by atoms with van der Waals surface area (Å²) in [6.45, 7) is 0. The van der Waals surface area contributed by atoms with E-state index in [1.54, 1.807) is 26.2 Å². The van der Waals surface area contributed by atoms with Crippen LogP contribution in [0.25, 0.3) is 0 Å². The van der Waals surface area contributed by atoms with Crippen LogP contribution in [0.15, 0.2) is 46.6 Å². The van der Waals surface area contributed by atoms with Gasteiger partial charge in [-0.2, -0.15) is 5.11 Å². The summed E-state index contributed by atoms with van der Waals surface area (Å²) in [7, 11) is 3.11. The van der Waals surface area contributed by atoms with Crippen LogP contribution in [-0.2, 0) is 0 Å². The van der Waals surface area contributed by atoms with Crippen molar-refractivity contribution in [3.05, 3.63) is 36.4 Å². The molecule has 8 heteroatoms. The minimum Gasteiger partial charge on any atom is -0.406 e. The number of nitrogens with zero attached hydrogens (tertiary/aromatic N) is 4. The van der Waals surface area contributed by atoms with Gasteiger partial charge in [-0.1, -0.05) is 18.2 Å². The van der Waals surface area contributed by atoms with E-state index in [9.17, 15) is 4.79 Å². The number of nitrogens with two attached hydrogens (primary N) is 2. The molecule has 0 saturated carbocycles. The minimum atomic E-state index is -0.579. The number of pyridine rings is 1. The molecule has 0 radical (unpaired) electrons. The van der Waals surface area contributed by atoms with E-state index in [1.165, 1.54) is 11.0 Å². The highest BCUT2D eigenvalue weighted by Crippen LogP contribution is 2.31. The number of rotatable bonds is 3. The van der Waals surface area contributed by atoms with Crippen LogP contribution in [0.2, 0.25) is 0 Å². The van der Waals surface area contributed by atoms with Crippen molar-refractivity contribution in [2.45, 2.75) is 0 Å². The molecular weight excluding hydrogens is 284 g/mol. The number of amides is 1. The molecule has 0 bridgehead atoms. The highest BCUT2D eigenvalue weighted by Gasteiger charge is 2.13. The van der Waals surface area contributed by atoms with Crippen molar-refractivity contribution in [2.75, 3.05) is 25.6 Å². The van der Waals surface area contributed by atoms with Crippen LogP contribution < -0.4 is 16.2 Å². The van der Waals surface area contributed by atoms with Crippen LogP contribution in [0.4, 0.5) is 27.8 Å². The van der Waals surface area contributed by atoms with Crippen LogP contribution in [0.5, 0.6) is 5.75 Å². The minimum absolute atomic E-state index is 0.00589. The molecule has 1 aromatic heterocycles. The second kappa shape index (κ2) is 6.53. The van der Waals surface area contributed by atoms with Gasteiger partial charge in [-0.25, -0.2) is 9.78 Å². The first-order chi connectivity index (χ1) is 10.5. The zero-order chi connectivity index (χ0) is 16.1. The number of carbonyl (C=O) groups excluding carboxylic acids is 1. The Balaban J connectivity index is 2.28. The second-order valence-electron chi connectivity index (χ2n) is 4.57. The van der Waals surface area contributed by atoms with E-state index in [1.807, 2.05) is 18.2 Å². The Hall–Kier alpha value is -3.16. The maximum Gasteiger partial charge on any atom is 0.414 e. The summed E-state index contributed by atoms with van der Waals surface area (Å²) >= 11 is 0. The van der Waals surface area contributed by atoms with Gasteiger partial charge in [0.15, 0.2) is 17.4 Å². The number of hydrogen-bond acceptors (Lipinski definition) is 7. The number of nitrogen functional groups attached to an aromatic ring is 2. The van der Waals surface area contributed by atoms with Gasteiger partial charge in [0.2, 0.25) is 0 Å². The van der Waals surface area contributed by atoms with Crippen molar-refractivity contribution < 1.29 is 9.53 Å². The smallest absolute Gasteiger partial charge is 0.406 e. The molecule has 22 heavy (non-hydrogen) atoms. The van der Waals surface area contributed by atoms with E-state index >= 15 is 0 Å². The summed E-state index contributed by atoms with van der Waals surface area (Å²) in [6.07, 6.45) is -0.579. The Kier molecular flexibility index (Phi) is 4.52. The van der Waals surface area contributed by atoms with Gasteiger partial charge in [0.1, 0.15) is 5.69 Å². The van der Waals surface area contributed by atoms with Crippen LogP contribution in [0.1, 0.15) is 0 Å². The van der Waals surface area contributed by atoms with Gasteiger partial charge < -0.3 is 21.1 Å². The summed E-state index contributed by atoms with van der Waals surface area (Å²) in [6, 6.07) is 10.5. The van der Waals surface area contributed by atoms with E-state index in [4.69, 9.17) is 16.2 Å². The first-order valence-corrected chi connectivity index (χ1v) is 6.39. The lowest BCUT2D eigenvalue weighted by Crippen LogP contribution is -2.25. The second-order valence-corrected chi connectivity index (χ2v) is 4.57. The van der Waals surface area contributed by atoms with Crippen molar-refractivity contribution in [2.24, 2.45) is 10.2 Å². The fraction of sp³-hybridized carbons (Fsp3) is 0.143. The van der Waals surface area contributed by atoms with Gasteiger partial charge in [0.05, 0.1) is 5.69 Å². The first-order valence-electron chi connectivity index (χ1n) is 6.39. The number of ether oxygens (including phenoxy) is 1. The molecule has 1 amide bonds. The average molecular weight is 300 g/mol. The Morgan fingerprint density at radius 3 is 2.45 bits per heavy atom. The van der Waals surface area contributed by atoms with Crippen molar-refractivity contribution >= 4 is 29.1 Å². The molecule has 2 rings (SSSR count). The number of hydrogen-bond donors (Lipinski definition) is 2. The molecule has 4 N–H and O–H groups in total. The van der Waals surface area contributed by atoms with Crippen LogP contribution >= 0.6 is 0 Å². The number of aromatic nitrogens is 1. The van der Waals surface area contributed by atoms with Gasteiger partial charge in [0, 0.05) is 20.2 Å². The molecule has 1 aromatic carbocycles. The standard InChI is InChI=1S/C14H16N6O2/c1-20(2)14(21)22-11-8-10(12(15)17-13(11)16)19-18-9-6-4-3-5-7-9/h3-8H,1-2H3,(H4,15,16,17). The third-order valence-electron chi connectivity index (χ3n) is 2.62. The maximum atomic E-state index is 11.6. The fourth-order valence-electron chi connectivity index (χ4n) is 1.47. The van der Waals surface area contributed by atoms with Crippen LogP contribution in [0, 0.1) is 0 Å². The zero-order valence-electron chi connectivity index (χ0n) is 12.2. The van der Waals surface area contributed by atoms with Gasteiger partial charge in [0.25, 0.3) is 0 Å². The highest BCUT2D eigenvalue weighted by molar-refractivity contribution is 5.74. The molecule has 8 nitrogen and oxygen atoms in total. The van der Waals surface area contributed by atoms with Crippen molar-refractivity contribution in [1.29, 1.82) is 0 Å². The normalized spacial score (nSPS) is 10.6. The summed E-state index contributed by atoms with van der Waals surface area (Å²) < 4.78 is 5.10. The maximum absolute atomic E-state index is 11.6. The van der Waals surface area contributed by atoms with Crippen molar-refractivity contribution in [3.63, 3.8) is 0 Å². The largest absolute Gasteiger partial charge is 0.414 e. The highest BCUT2D eigenvalue weighted by atomic mass is 16.6. The summed E-state index contributed by atoms with van der Waals surface area (Å²) in [5, 5.41) is 8.04. The molecule has 0 unspecified atom stereocenters. The lowest BCUT2D eigenvalue weighted by molar-refractivity contribution is 0.172. The lowest BCUT2D eigenvalue weighted by Gasteiger charge is -2.12. The molecule has 0 saturated heterocycles. The molecule has 0 aliphatic rings. The van der Waals surface area contributed by atoms with E-state index < -0.39 is 6.09 Å². The number of benzene rings is 1. The van der Waals surface area contributed by atoms with Gasteiger partial charge in [-0.05, 0) is 12.1 Å². The Bertz CT molecular complexity index is 700. The van der Waals surface area contributed by atoms with Crippen LogP contribution in [0.3, 0.4) is 0 Å². The molecule has 2 aromatic rings. The van der Waals surface area contributed by atoms with Gasteiger partial charge >= 0.3 is 6.09 Å². The van der Waals surface area contributed by atoms with E-state index in [-0.39, 0.29) is 23.1 Å². The van der Waals surface area contributed by atoms with Crippen LogP contribution in [-0.4, -0.2) is 30.1 Å². The average Bonchev–Trinajstić information content (AvgIpc) is 2.49. The summed E-state index contributed by atoms with van der Waals surface area (Å²) in [4.78, 5) is 16.7. The quantitative estimate of drug-likeness (QED) is 0.844. The summed E-state index contributed by atoms with van der Waals surface area (Å²) in [5.74, 6) is 0.183. The molecule has 0 aliphatic heterocycles. The molecule has 1 heterocycles. The molecule has 0 fully saturated rings. The lowest BCUT2D eigenvalue weighted by atomic mass is 10.3. The fourth-order valence-corrected chi connectivity index (χ4v) is 1.47. The van der Waals surface area contributed by atoms with E-state index in [0.29, 0.717) is 5.69 Å². The van der Waals surface area contributed by atoms with E-state index in [0.717, 1.165) is 0 Å². The predicted octanol–water partition coefficient (Wildman–Crippen LogP) is 2.72. The van der Waals surface area contributed by atoms with Crippen molar-refractivity contribution in [1.82, 2.24) is 9.88 Å². The molecule has 114 valence electrons. The zero-order valence-corrected chi connectivity index (χ0v) is 12.2. The number of anilines is 2. The number of azo groups is 1. The van der Waals surface area contributed by atoms with E-state index in [2.05, 4.69) is 15.2 Å². The third kappa shape index (κ3) is 3.69. The topological polar surface area (TPSA) is 119 Å². The Morgan fingerprint density at radius 2 is 1.82 bits per heavy atom. The first kappa shape index (κ1) is 15.2. The number of carbonyl (C=O) groups is 1. The molecular formula is C14H16N6O2. The van der Waals surface area contributed by atoms with Gasteiger partial charge in [-0.15, -0.1) is 5.11 Å². The summed E-state index contributed by atoms with van der Waals surface area (Å²) in [5.41, 5.74) is 12.4. The third-order valence-corrected chi connectivity index (χ3v) is 2.62. The molecule has 0 spiro atoms. The Morgan fingerprint density at radius 1 is 1.14 bits per heavy atom. The molecule has 0 aliphatic carbocycles. The SMILES string of the molecule is CN(C)C(=O)Oc1cc(N=Nc2ccccc2)c(N)nc1N. The predicted molar refractivity (Wildman–Crippen MR) is 83.4 cm³/mol. The van der Waals surface area contributed by atoms with Crippen molar-refractivity contribution in [3.8, 4) is 5.75 Å². The Labute approximate surface area is 127 Å².